The molecule has 84 valence electrons. The highest BCUT2D eigenvalue weighted by molar-refractivity contribution is 5.93. The maximum absolute atomic E-state index is 4.42. The number of rotatable bonds is 0. The summed E-state index contributed by atoms with van der Waals surface area (Å²) in [6, 6.07) is 0. The Kier molecular flexibility index (Phi) is 5.83. The van der Waals surface area contributed by atoms with Crippen LogP contribution in [0.5, 0.6) is 0 Å². The van der Waals surface area contributed by atoms with Gasteiger partial charge in [0.05, 0.1) is 0 Å². The average Bonchev–Trinajstić information content (AvgIpc) is 2.61. The van der Waals surface area contributed by atoms with E-state index in [1.807, 2.05) is 20.0 Å². The zero-order valence-electron chi connectivity index (χ0n) is 9.95. The average molecular weight is 206 g/mol. The molecule has 2 heterocycles. The van der Waals surface area contributed by atoms with Crippen molar-refractivity contribution in [1.82, 2.24) is 4.90 Å². The number of hydrogen-bond acceptors (Lipinski definition) is 2. The SMILES string of the molecule is C1=CN=C(N2CCCCC2)C=CC1.CC. The van der Waals surface area contributed by atoms with Crippen molar-refractivity contribution in [2.75, 3.05) is 13.1 Å². The molecule has 0 atom stereocenters. The molecule has 2 rings (SSSR count). The van der Waals surface area contributed by atoms with Crippen LogP contribution in [0.1, 0.15) is 39.5 Å². The second-order valence-corrected chi connectivity index (χ2v) is 3.56. The van der Waals surface area contributed by atoms with Gasteiger partial charge in [-0.2, -0.15) is 0 Å². The highest BCUT2D eigenvalue weighted by Crippen LogP contribution is 2.11. The first-order valence-corrected chi connectivity index (χ1v) is 6.11. The van der Waals surface area contributed by atoms with Gasteiger partial charge in [-0.1, -0.05) is 26.0 Å². The molecular formula is C13H22N2. The second kappa shape index (κ2) is 7.27. The fourth-order valence-corrected chi connectivity index (χ4v) is 1.80. The summed E-state index contributed by atoms with van der Waals surface area (Å²) < 4.78 is 0. The fraction of sp³-hybridized carbons (Fsp3) is 0.615. The van der Waals surface area contributed by atoms with Gasteiger partial charge in [0.1, 0.15) is 5.84 Å². The number of piperidine rings is 1. The predicted molar refractivity (Wildman–Crippen MR) is 67.1 cm³/mol. The van der Waals surface area contributed by atoms with E-state index in [9.17, 15) is 0 Å². The summed E-state index contributed by atoms with van der Waals surface area (Å²) in [5, 5.41) is 0. The Labute approximate surface area is 93.4 Å². The van der Waals surface area contributed by atoms with Gasteiger partial charge in [-0.25, -0.2) is 4.99 Å². The van der Waals surface area contributed by atoms with E-state index in [2.05, 4.69) is 28.1 Å². The van der Waals surface area contributed by atoms with Crippen molar-refractivity contribution in [2.45, 2.75) is 39.5 Å². The first-order chi connectivity index (χ1) is 7.47. The van der Waals surface area contributed by atoms with Crippen molar-refractivity contribution < 1.29 is 0 Å². The maximum Gasteiger partial charge on any atom is 0.128 e. The molecule has 0 radical (unpaired) electrons. The van der Waals surface area contributed by atoms with Crippen molar-refractivity contribution in [1.29, 1.82) is 0 Å². The normalized spacial score (nSPS) is 20.1. The van der Waals surface area contributed by atoms with Crippen LogP contribution in [0.25, 0.3) is 0 Å². The van der Waals surface area contributed by atoms with Gasteiger partial charge in [0, 0.05) is 19.3 Å². The van der Waals surface area contributed by atoms with Crippen LogP contribution in [0.15, 0.2) is 29.4 Å². The summed E-state index contributed by atoms with van der Waals surface area (Å²) in [6.45, 7) is 6.36. The molecule has 0 aliphatic carbocycles. The largest absolute Gasteiger partial charge is 0.357 e. The van der Waals surface area contributed by atoms with Crippen LogP contribution < -0.4 is 0 Å². The second-order valence-electron chi connectivity index (χ2n) is 3.56. The number of likely N-dealkylation sites (tertiary alicyclic amines) is 1. The molecule has 2 aliphatic heterocycles. The summed E-state index contributed by atoms with van der Waals surface area (Å²) >= 11 is 0. The van der Waals surface area contributed by atoms with Crippen LogP contribution in [0.2, 0.25) is 0 Å². The molecule has 2 aliphatic rings. The Bertz CT molecular complexity index is 245. The molecule has 15 heavy (non-hydrogen) atoms. The van der Waals surface area contributed by atoms with Gasteiger partial charge in [0.2, 0.25) is 0 Å². The predicted octanol–water partition coefficient (Wildman–Crippen LogP) is 3.37. The molecule has 0 bridgehead atoms. The molecular weight excluding hydrogens is 184 g/mol. The van der Waals surface area contributed by atoms with Crippen molar-refractivity contribution in [3.8, 4) is 0 Å². The summed E-state index contributed by atoms with van der Waals surface area (Å²) in [4.78, 5) is 6.81. The van der Waals surface area contributed by atoms with Crippen LogP contribution in [0, 0.1) is 0 Å². The van der Waals surface area contributed by atoms with Crippen molar-refractivity contribution in [3.05, 3.63) is 24.4 Å². The Hall–Kier alpha value is -1.05. The first kappa shape index (κ1) is 12.0. The lowest BCUT2D eigenvalue weighted by Gasteiger charge is -2.28. The molecule has 0 aromatic heterocycles. The van der Waals surface area contributed by atoms with E-state index in [1.165, 1.54) is 32.4 Å². The number of aliphatic imine (C=N–C) groups is 1. The highest BCUT2D eigenvalue weighted by Gasteiger charge is 2.12. The lowest BCUT2D eigenvalue weighted by molar-refractivity contribution is 0.344. The minimum Gasteiger partial charge on any atom is -0.357 e. The molecule has 0 amide bonds. The molecule has 2 nitrogen and oxygen atoms in total. The molecule has 1 fully saturated rings. The minimum absolute atomic E-state index is 1.01. The van der Waals surface area contributed by atoms with E-state index in [4.69, 9.17) is 0 Å². The quantitative estimate of drug-likeness (QED) is 0.593. The van der Waals surface area contributed by atoms with Gasteiger partial charge >= 0.3 is 0 Å². The van der Waals surface area contributed by atoms with Crippen LogP contribution in [0.3, 0.4) is 0 Å². The van der Waals surface area contributed by atoms with E-state index < -0.39 is 0 Å². The molecule has 2 heteroatoms. The summed E-state index contributed by atoms with van der Waals surface area (Å²) in [6.07, 6.45) is 13.4. The first-order valence-electron chi connectivity index (χ1n) is 6.11. The van der Waals surface area contributed by atoms with Gasteiger partial charge < -0.3 is 4.90 Å². The standard InChI is InChI=1S/C11H16N2.C2H6/c1-3-7-11(12-8-4-1)13-9-5-2-6-10-13;1-2/h3-4,7-8H,1-2,5-6,9-10H2;1-2H3. The third-order valence-electron chi connectivity index (χ3n) is 2.53. The van der Waals surface area contributed by atoms with Gasteiger partial charge in [-0.15, -0.1) is 0 Å². The Morgan fingerprint density at radius 3 is 2.53 bits per heavy atom. The topological polar surface area (TPSA) is 15.6 Å². The van der Waals surface area contributed by atoms with Crippen LogP contribution in [0.4, 0.5) is 0 Å². The van der Waals surface area contributed by atoms with E-state index >= 15 is 0 Å². The van der Waals surface area contributed by atoms with Crippen molar-refractivity contribution >= 4 is 5.84 Å². The van der Waals surface area contributed by atoms with Gasteiger partial charge in [0.25, 0.3) is 0 Å². The number of amidine groups is 1. The lowest BCUT2D eigenvalue weighted by Crippen LogP contribution is -2.34. The van der Waals surface area contributed by atoms with Crippen LogP contribution >= 0.6 is 0 Å². The van der Waals surface area contributed by atoms with E-state index in [0.717, 1.165) is 12.3 Å². The van der Waals surface area contributed by atoms with Gasteiger partial charge in [-0.05, 0) is 31.8 Å². The molecule has 1 saturated heterocycles. The third kappa shape index (κ3) is 3.90. The molecule has 0 spiro atoms. The van der Waals surface area contributed by atoms with Gasteiger partial charge in [-0.3, -0.25) is 0 Å². The third-order valence-corrected chi connectivity index (χ3v) is 2.53. The van der Waals surface area contributed by atoms with Gasteiger partial charge in [0.15, 0.2) is 0 Å². The summed E-state index contributed by atoms with van der Waals surface area (Å²) in [7, 11) is 0. The zero-order valence-corrected chi connectivity index (χ0v) is 9.95. The summed E-state index contributed by atoms with van der Waals surface area (Å²) in [5.41, 5.74) is 0. The number of hydrogen-bond donors (Lipinski definition) is 0. The monoisotopic (exact) mass is 206 g/mol. The molecule has 0 saturated carbocycles. The van der Waals surface area contributed by atoms with Crippen molar-refractivity contribution in [2.24, 2.45) is 4.99 Å². The Morgan fingerprint density at radius 2 is 1.80 bits per heavy atom. The molecule has 0 aromatic carbocycles. The Balaban J connectivity index is 0.000000531. The fourth-order valence-electron chi connectivity index (χ4n) is 1.80. The van der Waals surface area contributed by atoms with E-state index in [1.54, 1.807) is 0 Å². The number of nitrogens with zero attached hydrogens (tertiary/aromatic N) is 2. The molecule has 0 N–H and O–H groups in total. The minimum atomic E-state index is 1.01. The maximum atomic E-state index is 4.42. The lowest BCUT2D eigenvalue weighted by atomic mass is 10.1. The smallest absolute Gasteiger partial charge is 0.128 e. The van der Waals surface area contributed by atoms with E-state index in [-0.39, 0.29) is 0 Å². The zero-order chi connectivity index (χ0) is 10.9. The summed E-state index contributed by atoms with van der Waals surface area (Å²) in [5.74, 6) is 1.15. The molecule has 0 aromatic rings. The Morgan fingerprint density at radius 1 is 1.07 bits per heavy atom. The highest BCUT2D eigenvalue weighted by atomic mass is 15.2. The van der Waals surface area contributed by atoms with E-state index in [0.29, 0.717) is 0 Å². The van der Waals surface area contributed by atoms with Crippen molar-refractivity contribution in [3.63, 3.8) is 0 Å². The number of allylic oxidation sites excluding steroid dienone is 2. The van der Waals surface area contributed by atoms with Crippen LogP contribution in [-0.2, 0) is 0 Å². The van der Waals surface area contributed by atoms with Crippen LogP contribution in [-0.4, -0.2) is 23.8 Å². The molecule has 0 unspecified atom stereocenters.